The zero-order valence-electron chi connectivity index (χ0n) is 11.1. The standard InChI is InChI=1S/C14H19ClF3N/c1-3-5-6-10(4-2)19-11-7-8-13(15)12(9-11)14(16,17)18/h7-10,19H,3-6H2,1-2H3. The molecule has 1 unspecified atom stereocenters. The zero-order valence-corrected chi connectivity index (χ0v) is 11.9. The van der Waals surface area contributed by atoms with Crippen LogP contribution in [0.15, 0.2) is 18.2 Å². The average molecular weight is 294 g/mol. The van der Waals surface area contributed by atoms with E-state index in [0.717, 1.165) is 31.7 Å². The molecule has 0 amide bonds. The lowest BCUT2D eigenvalue weighted by Gasteiger charge is -2.19. The molecular weight excluding hydrogens is 275 g/mol. The van der Waals surface area contributed by atoms with Crippen LogP contribution in [0.2, 0.25) is 5.02 Å². The number of anilines is 1. The van der Waals surface area contributed by atoms with Gasteiger partial charge < -0.3 is 5.32 Å². The third kappa shape index (κ3) is 4.94. The van der Waals surface area contributed by atoms with Crippen molar-refractivity contribution < 1.29 is 13.2 Å². The van der Waals surface area contributed by atoms with Crippen LogP contribution in [-0.4, -0.2) is 6.04 Å². The SMILES string of the molecule is CCCCC(CC)Nc1ccc(Cl)c(C(F)(F)F)c1. The van der Waals surface area contributed by atoms with E-state index in [9.17, 15) is 13.2 Å². The Hall–Kier alpha value is -0.900. The van der Waals surface area contributed by atoms with Gasteiger partial charge in [0.25, 0.3) is 0 Å². The molecule has 0 spiro atoms. The Bertz CT molecular complexity index is 404. The summed E-state index contributed by atoms with van der Waals surface area (Å²) in [5, 5.41) is 2.88. The molecule has 0 heterocycles. The van der Waals surface area contributed by atoms with Crippen LogP contribution in [0.25, 0.3) is 0 Å². The summed E-state index contributed by atoms with van der Waals surface area (Å²) >= 11 is 5.59. The first kappa shape index (κ1) is 16.2. The summed E-state index contributed by atoms with van der Waals surface area (Å²) in [6.07, 6.45) is -0.446. The van der Waals surface area contributed by atoms with E-state index in [1.54, 1.807) is 6.07 Å². The second-order valence-corrected chi connectivity index (χ2v) is 4.99. The lowest BCUT2D eigenvalue weighted by atomic mass is 10.1. The Labute approximate surface area is 117 Å². The Morgan fingerprint density at radius 1 is 1.26 bits per heavy atom. The van der Waals surface area contributed by atoms with Crippen molar-refractivity contribution in [1.29, 1.82) is 0 Å². The number of hydrogen-bond acceptors (Lipinski definition) is 1. The number of rotatable bonds is 6. The minimum atomic E-state index is -4.42. The number of unbranched alkanes of at least 4 members (excludes halogenated alkanes) is 1. The lowest BCUT2D eigenvalue weighted by molar-refractivity contribution is -0.137. The predicted molar refractivity (Wildman–Crippen MR) is 73.7 cm³/mol. The lowest BCUT2D eigenvalue weighted by Crippen LogP contribution is -2.18. The minimum absolute atomic E-state index is 0.196. The van der Waals surface area contributed by atoms with Gasteiger partial charge in [-0.05, 0) is 31.0 Å². The molecule has 108 valence electrons. The molecule has 5 heteroatoms. The maximum absolute atomic E-state index is 12.7. The van der Waals surface area contributed by atoms with E-state index in [-0.39, 0.29) is 11.1 Å². The van der Waals surface area contributed by atoms with Gasteiger partial charge in [-0.2, -0.15) is 13.2 Å². The summed E-state index contributed by atoms with van der Waals surface area (Å²) < 4.78 is 38.2. The molecule has 19 heavy (non-hydrogen) atoms. The molecule has 0 fully saturated rings. The van der Waals surface area contributed by atoms with Crippen molar-refractivity contribution >= 4 is 17.3 Å². The van der Waals surface area contributed by atoms with Gasteiger partial charge in [0.05, 0.1) is 10.6 Å². The molecule has 1 aromatic carbocycles. The van der Waals surface area contributed by atoms with Gasteiger partial charge in [0.15, 0.2) is 0 Å². The molecule has 0 aliphatic rings. The molecule has 0 aliphatic carbocycles. The van der Waals surface area contributed by atoms with E-state index in [1.165, 1.54) is 6.07 Å². The molecule has 0 radical (unpaired) electrons. The van der Waals surface area contributed by atoms with Crippen LogP contribution >= 0.6 is 11.6 Å². The molecule has 0 saturated heterocycles. The molecule has 1 rings (SSSR count). The van der Waals surface area contributed by atoms with Crippen molar-refractivity contribution in [3.05, 3.63) is 28.8 Å². The van der Waals surface area contributed by atoms with Crippen molar-refractivity contribution in [1.82, 2.24) is 0 Å². The second kappa shape index (κ2) is 7.04. The van der Waals surface area contributed by atoms with Crippen LogP contribution in [0.1, 0.15) is 45.1 Å². The molecular formula is C14H19ClF3N. The maximum atomic E-state index is 12.7. The smallest absolute Gasteiger partial charge is 0.382 e. The first-order valence-electron chi connectivity index (χ1n) is 6.51. The van der Waals surface area contributed by atoms with Crippen LogP contribution in [0.4, 0.5) is 18.9 Å². The van der Waals surface area contributed by atoms with Gasteiger partial charge in [-0.1, -0.05) is 38.3 Å². The molecule has 0 aliphatic heterocycles. The molecule has 0 bridgehead atoms. The topological polar surface area (TPSA) is 12.0 Å². The van der Waals surface area contributed by atoms with Crippen molar-refractivity contribution in [2.24, 2.45) is 0 Å². The first-order chi connectivity index (χ1) is 8.88. The average Bonchev–Trinajstić information content (AvgIpc) is 2.35. The van der Waals surface area contributed by atoms with Gasteiger partial charge in [0.1, 0.15) is 0 Å². The Balaban J connectivity index is 2.84. The largest absolute Gasteiger partial charge is 0.417 e. The van der Waals surface area contributed by atoms with Gasteiger partial charge >= 0.3 is 6.18 Å². The summed E-state index contributed by atoms with van der Waals surface area (Å²) in [5.41, 5.74) is -0.316. The van der Waals surface area contributed by atoms with E-state index < -0.39 is 11.7 Å². The van der Waals surface area contributed by atoms with Gasteiger partial charge in [-0.3, -0.25) is 0 Å². The van der Waals surface area contributed by atoms with Crippen molar-refractivity contribution in [2.75, 3.05) is 5.32 Å². The van der Waals surface area contributed by atoms with E-state index in [4.69, 9.17) is 11.6 Å². The third-order valence-corrected chi connectivity index (χ3v) is 3.37. The first-order valence-corrected chi connectivity index (χ1v) is 6.89. The quantitative estimate of drug-likeness (QED) is 0.705. The Kier molecular flexibility index (Phi) is 5.98. The number of halogens is 4. The molecule has 0 aromatic heterocycles. The highest BCUT2D eigenvalue weighted by molar-refractivity contribution is 6.31. The Morgan fingerprint density at radius 2 is 1.95 bits per heavy atom. The number of benzene rings is 1. The van der Waals surface area contributed by atoms with Crippen LogP contribution in [0.3, 0.4) is 0 Å². The molecule has 1 atom stereocenters. The summed E-state index contributed by atoms with van der Waals surface area (Å²) in [6.45, 7) is 4.12. The highest BCUT2D eigenvalue weighted by Crippen LogP contribution is 2.36. The maximum Gasteiger partial charge on any atom is 0.417 e. The van der Waals surface area contributed by atoms with Crippen LogP contribution < -0.4 is 5.32 Å². The van der Waals surface area contributed by atoms with E-state index in [1.807, 2.05) is 6.92 Å². The van der Waals surface area contributed by atoms with Crippen molar-refractivity contribution in [3.8, 4) is 0 Å². The molecule has 1 N–H and O–H groups in total. The van der Waals surface area contributed by atoms with Gasteiger partial charge in [-0.15, -0.1) is 0 Å². The summed E-state index contributed by atoms with van der Waals surface area (Å²) in [5.74, 6) is 0. The summed E-state index contributed by atoms with van der Waals surface area (Å²) in [4.78, 5) is 0. The number of hydrogen-bond donors (Lipinski definition) is 1. The van der Waals surface area contributed by atoms with E-state index in [0.29, 0.717) is 5.69 Å². The Morgan fingerprint density at radius 3 is 2.47 bits per heavy atom. The molecule has 0 saturated carbocycles. The van der Waals surface area contributed by atoms with Crippen LogP contribution in [0, 0.1) is 0 Å². The fourth-order valence-electron chi connectivity index (χ4n) is 1.90. The van der Waals surface area contributed by atoms with Crippen molar-refractivity contribution in [3.63, 3.8) is 0 Å². The van der Waals surface area contributed by atoms with Crippen molar-refractivity contribution in [2.45, 2.75) is 51.7 Å². The fraction of sp³-hybridized carbons (Fsp3) is 0.571. The normalized spacial score (nSPS) is 13.4. The fourth-order valence-corrected chi connectivity index (χ4v) is 2.12. The van der Waals surface area contributed by atoms with Gasteiger partial charge in [0, 0.05) is 11.7 Å². The molecule has 1 nitrogen and oxygen atoms in total. The minimum Gasteiger partial charge on any atom is -0.382 e. The highest BCUT2D eigenvalue weighted by Gasteiger charge is 2.33. The summed E-state index contributed by atoms with van der Waals surface area (Å²) in [6, 6.07) is 4.16. The van der Waals surface area contributed by atoms with E-state index >= 15 is 0 Å². The zero-order chi connectivity index (χ0) is 14.5. The number of alkyl halides is 3. The number of nitrogens with one attached hydrogen (secondary N) is 1. The third-order valence-electron chi connectivity index (χ3n) is 3.04. The predicted octanol–water partition coefficient (Wildman–Crippen LogP) is 5.74. The summed E-state index contributed by atoms with van der Waals surface area (Å²) in [7, 11) is 0. The highest BCUT2D eigenvalue weighted by atomic mass is 35.5. The monoisotopic (exact) mass is 293 g/mol. The molecule has 1 aromatic rings. The van der Waals surface area contributed by atoms with E-state index in [2.05, 4.69) is 12.2 Å². The van der Waals surface area contributed by atoms with Crippen LogP contribution in [-0.2, 0) is 6.18 Å². The second-order valence-electron chi connectivity index (χ2n) is 4.58. The van der Waals surface area contributed by atoms with Gasteiger partial charge in [0.2, 0.25) is 0 Å². The van der Waals surface area contributed by atoms with Crippen LogP contribution in [0.5, 0.6) is 0 Å². The van der Waals surface area contributed by atoms with Gasteiger partial charge in [-0.25, -0.2) is 0 Å².